The molecule has 0 bridgehead atoms. The SMILES string of the molecule is Cn1ncc(Br)c1-c1ccc(C(=O)NC2CCCNC2)c(F)c1. The minimum Gasteiger partial charge on any atom is -0.348 e. The third-order valence-corrected chi connectivity index (χ3v) is 4.59. The molecule has 23 heavy (non-hydrogen) atoms. The molecule has 7 heteroatoms. The lowest BCUT2D eigenvalue weighted by molar-refractivity contribution is 0.0926. The van der Waals surface area contributed by atoms with Crippen molar-refractivity contribution in [3.05, 3.63) is 40.2 Å². The molecule has 0 saturated carbocycles. The van der Waals surface area contributed by atoms with Gasteiger partial charge in [-0.15, -0.1) is 0 Å². The quantitative estimate of drug-likeness (QED) is 0.859. The second-order valence-corrected chi connectivity index (χ2v) is 6.53. The monoisotopic (exact) mass is 380 g/mol. The molecule has 1 aromatic heterocycles. The first-order valence-corrected chi connectivity index (χ1v) is 8.34. The van der Waals surface area contributed by atoms with E-state index < -0.39 is 5.82 Å². The summed E-state index contributed by atoms with van der Waals surface area (Å²) in [5.41, 5.74) is 1.51. The molecule has 5 nitrogen and oxygen atoms in total. The van der Waals surface area contributed by atoms with E-state index in [4.69, 9.17) is 0 Å². The zero-order valence-electron chi connectivity index (χ0n) is 12.8. The predicted octanol–water partition coefficient (Wildman–Crippen LogP) is 2.47. The molecule has 122 valence electrons. The van der Waals surface area contributed by atoms with Gasteiger partial charge in [-0.05, 0) is 47.4 Å². The van der Waals surface area contributed by atoms with Crippen LogP contribution in [0.4, 0.5) is 4.39 Å². The van der Waals surface area contributed by atoms with Crippen LogP contribution < -0.4 is 10.6 Å². The fourth-order valence-electron chi connectivity index (χ4n) is 2.82. The van der Waals surface area contributed by atoms with Crippen LogP contribution in [0.15, 0.2) is 28.9 Å². The first-order valence-electron chi connectivity index (χ1n) is 7.55. The van der Waals surface area contributed by atoms with Crippen LogP contribution in [0, 0.1) is 5.82 Å². The molecule has 1 amide bonds. The zero-order valence-corrected chi connectivity index (χ0v) is 14.4. The number of amides is 1. The number of hydrogen-bond acceptors (Lipinski definition) is 3. The summed E-state index contributed by atoms with van der Waals surface area (Å²) in [7, 11) is 1.79. The highest BCUT2D eigenvalue weighted by Crippen LogP contribution is 2.28. The Morgan fingerprint density at radius 2 is 2.35 bits per heavy atom. The predicted molar refractivity (Wildman–Crippen MR) is 89.7 cm³/mol. The van der Waals surface area contributed by atoms with Crippen molar-refractivity contribution in [3.8, 4) is 11.3 Å². The van der Waals surface area contributed by atoms with E-state index in [-0.39, 0.29) is 17.5 Å². The normalized spacial score (nSPS) is 18.0. The summed E-state index contributed by atoms with van der Waals surface area (Å²) >= 11 is 3.40. The van der Waals surface area contributed by atoms with Gasteiger partial charge in [-0.25, -0.2) is 4.39 Å². The lowest BCUT2D eigenvalue weighted by Crippen LogP contribution is -2.45. The maximum atomic E-state index is 14.4. The highest BCUT2D eigenvalue weighted by atomic mass is 79.9. The van der Waals surface area contributed by atoms with Gasteiger partial charge in [0.1, 0.15) is 5.82 Å². The van der Waals surface area contributed by atoms with Crippen molar-refractivity contribution in [1.29, 1.82) is 0 Å². The van der Waals surface area contributed by atoms with Crippen LogP contribution in [-0.2, 0) is 7.05 Å². The zero-order chi connectivity index (χ0) is 16.4. The summed E-state index contributed by atoms with van der Waals surface area (Å²) in [5.74, 6) is -0.899. The van der Waals surface area contributed by atoms with Crippen molar-refractivity contribution in [2.24, 2.45) is 7.05 Å². The molecule has 0 spiro atoms. The van der Waals surface area contributed by atoms with Gasteiger partial charge < -0.3 is 10.6 Å². The van der Waals surface area contributed by atoms with Gasteiger partial charge in [0.25, 0.3) is 5.91 Å². The first-order chi connectivity index (χ1) is 11.1. The maximum Gasteiger partial charge on any atom is 0.254 e. The van der Waals surface area contributed by atoms with E-state index in [0.717, 1.165) is 36.1 Å². The summed E-state index contributed by atoms with van der Waals surface area (Å²) in [6.45, 7) is 1.70. The molecule has 1 aliphatic rings. The summed E-state index contributed by atoms with van der Waals surface area (Å²) < 4.78 is 16.8. The Labute approximate surface area is 142 Å². The number of benzene rings is 1. The fraction of sp³-hybridized carbons (Fsp3) is 0.375. The minimum absolute atomic E-state index is 0.0570. The van der Waals surface area contributed by atoms with E-state index in [1.807, 2.05) is 0 Å². The number of rotatable bonds is 3. The number of carbonyl (C=O) groups excluding carboxylic acids is 1. The molecule has 1 aliphatic heterocycles. The third kappa shape index (κ3) is 3.45. The van der Waals surface area contributed by atoms with Gasteiger partial charge in [0.05, 0.1) is 21.9 Å². The third-order valence-electron chi connectivity index (χ3n) is 4.01. The van der Waals surface area contributed by atoms with E-state index in [0.29, 0.717) is 5.56 Å². The minimum atomic E-state index is -0.531. The van der Waals surface area contributed by atoms with Crippen molar-refractivity contribution in [2.45, 2.75) is 18.9 Å². The van der Waals surface area contributed by atoms with Crippen LogP contribution in [0.2, 0.25) is 0 Å². The highest BCUT2D eigenvalue weighted by Gasteiger charge is 2.19. The molecular formula is C16H18BrFN4O. The van der Waals surface area contributed by atoms with E-state index in [1.165, 1.54) is 12.1 Å². The van der Waals surface area contributed by atoms with Gasteiger partial charge in [-0.1, -0.05) is 6.07 Å². The van der Waals surface area contributed by atoms with Gasteiger partial charge in [-0.2, -0.15) is 5.10 Å². The topological polar surface area (TPSA) is 59.0 Å². The molecule has 2 aromatic rings. The van der Waals surface area contributed by atoms with Crippen molar-refractivity contribution < 1.29 is 9.18 Å². The molecular weight excluding hydrogens is 363 g/mol. The molecule has 1 fully saturated rings. The molecule has 1 unspecified atom stereocenters. The average molecular weight is 381 g/mol. The molecule has 2 heterocycles. The standard InChI is InChI=1S/C16H18BrFN4O/c1-22-15(13(17)9-20-22)10-4-5-12(14(18)7-10)16(23)21-11-3-2-6-19-8-11/h4-5,7,9,11,19H,2-3,6,8H2,1H3,(H,21,23). The van der Waals surface area contributed by atoms with E-state index in [2.05, 4.69) is 31.7 Å². The van der Waals surface area contributed by atoms with Crippen LogP contribution in [-0.4, -0.2) is 34.8 Å². The molecule has 3 rings (SSSR count). The Morgan fingerprint density at radius 3 is 2.96 bits per heavy atom. The van der Waals surface area contributed by atoms with Crippen molar-refractivity contribution >= 4 is 21.8 Å². The Morgan fingerprint density at radius 1 is 1.52 bits per heavy atom. The van der Waals surface area contributed by atoms with E-state index in [1.54, 1.807) is 24.0 Å². The molecule has 0 aliphatic carbocycles. The second-order valence-electron chi connectivity index (χ2n) is 5.68. The van der Waals surface area contributed by atoms with Gasteiger partial charge >= 0.3 is 0 Å². The Kier molecular flexibility index (Phi) is 4.77. The summed E-state index contributed by atoms with van der Waals surface area (Å²) in [6, 6.07) is 4.69. The summed E-state index contributed by atoms with van der Waals surface area (Å²) in [4.78, 5) is 12.3. The molecule has 1 atom stereocenters. The average Bonchev–Trinajstić information content (AvgIpc) is 2.87. The van der Waals surface area contributed by atoms with Crippen LogP contribution in [0.5, 0.6) is 0 Å². The highest BCUT2D eigenvalue weighted by molar-refractivity contribution is 9.10. The van der Waals surface area contributed by atoms with E-state index in [9.17, 15) is 9.18 Å². The molecule has 1 saturated heterocycles. The number of piperidine rings is 1. The number of aromatic nitrogens is 2. The van der Waals surface area contributed by atoms with Gasteiger partial charge in [0.15, 0.2) is 0 Å². The Hall–Kier alpha value is -1.73. The van der Waals surface area contributed by atoms with Crippen molar-refractivity contribution in [3.63, 3.8) is 0 Å². The van der Waals surface area contributed by atoms with Crippen molar-refractivity contribution in [2.75, 3.05) is 13.1 Å². The molecule has 1 aromatic carbocycles. The number of nitrogens with one attached hydrogen (secondary N) is 2. The van der Waals surface area contributed by atoms with Crippen LogP contribution in [0.1, 0.15) is 23.2 Å². The van der Waals surface area contributed by atoms with Crippen molar-refractivity contribution in [1.82, 2.24) is 20.4 Å². The number of aryl methyl sites for hydroxylation is 1. The second kappa shape index (κ2) is 6.80. The smallest absolute Gasteiger partial charge is 0.254 e. The number of halogens is 2. The first kappa shape index (κ1) is 16.1. The molecule has 2 N–H and O–H groups in total. The van der Waals surface area contributed by atoms with E-state index >= 15 is 0 Å². The van der Waals surface area contributed by atoms with Gasteiger partial charge in [-0.3, -0.25) is 9.48 Å². The maximum absolute atomic E-state index is 14.4. The largest absolute Gasteiger partial charge is 0.348 e. The Balaban J connectivity index is 1.80. The summed E-state index contributed by atoms with van der Waals surface area (Å²) in [6.07, 6.45) is 3.59. The fourth-order valence-corrected chi connectivity index (χ4v) is 3.40. The van der Waals surface area contributed by atoms with Crippen LogP contribution in [0.25, 0.3) is 11.3 Å². The summed E-state index contributed by atoms with van der Waals surface area (Å²) in [5, 5.41) is 10.2. The van der Waals surface area contributed by atoms with Crippen LogP contribution >= 0.6 is 15.9 Å². The number of nitrogens with zero attached hydrogens (tertiary/aromatic N) is 2. The lowest BCUT2D eigenvalue weighted by atomic mass is 10.1. The Bertz CT molecular complexity index is 705. The lowest BCUT2D eigenvalue weighted by Gasteiger charge is -2.23. The number of hydrogen-bond donors (Lipinski definition) is 2. The number of carbonyl (C=O) groups is 1. The van der Waals surface area contributed by atoms with Crippen LogP contribution in [0.3, 0.4) is 0 Å². The molecule has 0 radical (unpaired) electrons. The van der Waals surface area contributed by atoms with Gasteiger partial charge in [0, 0.05) is 25.2 Å². The van der Waals surface area contributed by atoms with Gasteiger partial charge in [0.2, 0.25) is 0 Å².